The average molecular weight is 279 g/mol. The fourth-order valence-electron chi connectivity index (χ4n) is 2.18. The quantitative estimate of drug-likeness (QED) is 0.686. The Labute approximate surface area is 121 Å². The maximum Gasteiger partial charge on any atom is 0.216 e. The van der Waals surface area contributed by atoms with Crippen molar-refractivity contribution >= 4 is 16.7 Å². The SMILES string of the molecule is COc1cc(C(=O)Cc2ccnc3ccccc23)ncn1. The number of nitrogens with zero attached hydrogens (tertiary/aromatic N) is 3. The Balaban J connectivity index is 1.93. The van der Waals surface area contributed by atoms with E-state index in [1.54, 1.807) is 12.3 Å². The summed E-state index contributed by atoms with van der Waals surface area (Å²) in [5.74, 6) is 0.306. The van der Waals surface area contributed by atoms with Gasteiger partial charge in [0.05, 0.1) is 12.6 Å². The first kappa shape index (κ1) is 13.2. The molecule has 3 rings (SSSR count). The first-order valence-corrected chi connectivity index (χ1v) is 6.50. The van der Waals surface area contributed by atoms with Gasteiger partial charge in [-0.1, -0.05) is 18.2 Å². The molecule has 0 spiro atoms. The van der Waals surface area contributed by atoms with Crippen molar-refractivity contribution in [2.75, 3.05) is 7.11 Å². The number of carbonyl (C=O) groups is 1. The van der Waals surface area contributed by atoms with Crippen molar-refractivity contribution in [3.8, 4) is 5.88 Å². The van der Waals surface area contributed by atoms with Crippen molar-refractivity contribution in [3.05, 3.63) is 60.2 Å². The van der Waals surface area contributed by atoms with E-state index in [4.69, 9.17) is 4.74 Å². The molecule has 0 unspecified atom stereocenters. The number of Topliss-reactive ketones (excluding diaryl/α,β-unsaturated/α-hetero) is 1. The fourth-order valence-corrected chi connectivity index (χ4v) is 2.18. The molecule has 21 heavy (non-hydrogen) atoms. The molecule has 2 heterocycles. The van der Waals surface area contributed by atoms with Gasteiger partial charge in [-0.05, 0) is 17.7 Å². The molecule has 5 nitrogen and oxygen atoms in total. The molecular formula is C16H13N3O2. The van der Waals surface area contributed by atoms with Crippen LogP contribution >= 0.6 is 0 Å². The van der Waals surface area contributed by atoms with Crippen LogP contribution in [0, 0.1) is 0 Å². The highest BCUT2D eigenvalue weighted by atomic mass is 16.5. The van der Waals surface area contributed by atoms with Gasteiger partial charge in [0.25, 0.3) is 0 Å². The number of aromatic nitrogens is 3. The molecule has 0 N–H and O–H groups in total. The molecule has 3 aromatic rings. The van der Waals surface area contributed by atoms with Gasteiger partial charge in [0.2, 0.25) is 5.88 Å². The summed E-state index contributed by atoms with van der Waals surface area (Å²) in [6.07, 6.45) is 3.31. The summed E-state index contributed by atoms with van der Waals surface area (Å²) in [7, 11) is 1.51. The number of para-hydroxylation sites is 1. The summed E-state index contributed by atoms with van der Waals surface area (Å²) in [6.45, 7) is 0. The number of ketones is 1. The molecule has 0 saturated carbocycles. The molecule has 1 aromatic carbocycles. The van der Waals surface area contributed by atoms with Crippen molar-refractivity contribution in [2.24, 2.45) is 0 Å². The molecule has 0 saturated heterocycles. The van der Waals surface area contributed by atoms with Gasteiger partial charge in [0.15, 0.2) is 5.78 Å². The van der Waals surface area contributed by atoms with Crippen molar-refractivity contribution in [3.63, 3.8) is 0 Å². The van der Waals surface area contributed by atoms with Gasteiger partial charge < -0.3 is 4.74 Å². The van der Waals surface area contributed by atoms with Crippen molar-refractivity contribution < 1.29 is 9.53 Å². The van der Waals surface area contributed by atoms with Gasteiger partial charge >= 0.3 is 0 Å². The fraction of sp³-hybridized carbons (Fsp3) is 0.125. The zero-order valence-electron chi connectivity index (χ0n) is 11.5. The molecule has 0 bridgehead atoms. The van der Waals surface area contributed by atoms with Crippen molar-refractivity contribution in [1.29, 1.82) is 0 Å². The zero-order valence-corrected chi connectivity index (χ0v) is 11.5. The lowest BCUT2D eigenvalue weighted by Crippen LogP contribution is -2.07. The third-order valence-corrected chi connectivity index (χ3v) is 3.23. The van der Waals surface area contributed by atoms with Crippen molar-refractivity contribution in [2.45, 2.75) is 6.42 Å². The number of fused-ring (bicyclic) bond motifs is 1. The molecule has 0 aliphatic heterocycles. The highest BCUT2D eigenvalue weighted by Crippen LogP contribution is 2.18. The minimum atomic E-state index is -0.0768. The Hall–Kier alpha value is -2.82. The van der Waals surface area contributed by atoms with Gasteiger partial charge in [-0.2, -0.15) is 0 Å². The van der Waals surface area contributed by atoms with Gasteiger partial charge in [-0.25, -0.2) is 9.97 Å². The van der Waals surface area contributed by atoms with Gasteiger partial charge in [0.1, 0.15) is 12.0 Å². The molecule has 0 aliphatic rings. The predicted octanol–water partition coefficient (Wildman–Crippen LogP) is 2.46. The summed E-state index contributed by atoms with van der Waals surface area (Å²) < 4.78 is 5.01. The monoisotopic (exact) mass is 279 g/mol. The molecule has 0 atom stereocenters. The number of pyridine rings is 1. The van der Waals surface area contributed by atoms with Gasteiger partial charge in [0, 0.05) is 24.1 Å². The lowest BCUT2D eigenvalue weighted by Gasteiger charge is -2.05. The Morgan fingerprint density at radius 1 is 1.14 bits per heavy atom. The summed E-state index contributed by atoms with van der Waals surface area (Å²) in [4.78, 5) is 24.6. The maximum absolute atomic E-state index is 12.4. The standard InChI is InChI=1S/C16H13N3O2/c1-21-16-9-14(18-10-19-16)15(20)8-11-6-7-17-13-5-3-2-4-12(11)13/h2-7,9-10H,8H2,1H3. The highest BCUT2D eigenvalue weighted by molar-refractivity contribution is 5.98. The van der Waals surface area contributed by atoms with E-state index in [1.165, 1.54) is 13.4 Å². The Morgan fingerprint density at radius 3 is 2.86 bits per heavy atom. The number of hydrogen-bond donors (Lipinski definition) is 0. The highest BCUT2D eigenvalue weighted by Gasteiger charge is 2.12. The summed E-state index contributed by atoms with van der Waals surface area (Å²) >= 11 is 0. The number of methoxy groups -OCH3 is 1. The molecule has 0 aliphatic carbocycles. The van der Waals surface area contributed by atoms with Crippen LogP contribution in [0.3, 0.4) is 0 Å². The van der Waals surface area contributed by atoms with Crippen LogP contribution in [0.4, 0.5) is 0 Å². The molecule has 5 heteroatoms. The topological polar surface area (TPSA) is 65.0 Å². The van der Waals surface area contributed by atoms with E-state index < -0.39 is 0 Å². The van der Waals surface area contributed by atoms with Crippen LogP contribution in [-0.4, -0.2) is 27.8 Å². The lowest BCUT2D eigenvalue weighted by atomic mass is 10.0. The largest absolute Gasteiger partial charge is 0.481 e. The van der Waals surface area contributed by atoms with E-state index in [-0.39, 0.29) is 12.2 Å². The van der Waals surface area contributed by atoms with E-state index in [1.807, 2.05) is 30.3 Å². The number of rotatable bonds is 4. The molecule has 0 amide bonds. The van der Waals surface area contributed by atoms with E-state index in [0.29, 0.717) is 11.6 Å². The van der Waals surface area contributed by atoms with Crippen LogP contribution < -0.4 is 4.74 Å². The molecule has 2 aromatic heterocycles. The number of ether oxygens (including phenoxy) is 1. The zero-order chi connectivity index (χ0) is 14.7. The predicted molar refractivity (Wildman–Crippen MR) is 78.4 cm³/mol. The van der Waals surface area contributed by atoms with Crippen LogP contribution in [0.1, 0.15) is 16.1 Å². The minimum absolute atomic E-state index is 0.0768. The van der Waals surface area contributed by atoms with E-state index in [9.17, 15) is 4.79 Å². The first-order chi connectivity index (χ1) is 10.3. The van der Waals surface area contributed by atoms with Crippen molar-refractivity contribution in [1.82, 2.24) is 15.0 Å². The first-order valence-electron chi connectivity index (χ1n) is 6.50. The molecule has 104 valence electrons. The Bertz CT molecular complexity index is 797. The number of benzene rings is 1. The van der Waals surface area contributed by atoms with Crippen LogP contribution in [0.15, 0.2) is 48.9 Å². The van der Waals surface area contributed by atoms with E-state index >= 15 is 0 Å². The van der Waals surface area contributed by atoms with E-state index in [0.717, 1.165) is 16.5 Å². The lowest BCUT2D eigenvalue weighted by molar-refractivity contribution is 0.0988. The maximum atomic E-state index is 12.4. The second kappa shape index (κ2) is 5.66. The normalized spacial score (nSPS) is 10.5. The van der Waals surface area contributed by atoms with Crippen LogP contribution in [-0.2, 0) is 6.42 Å². The molecule has 0 radical (unpaired) electrons. The van der Waals surface area contributed by atoms with Crippen LogP contribution in [0.2, 0.25) is 0 Å². The smallest absolute Gasteiger partial charge is 0.216 e. The van der Waals surface area contributed by atoms with Gasteiger partial charge in [-0.3, -0.25) is 9.78 Å². The van der Waals surface area contributed by atoms with Crippen LogP contribution in [0.5, 0.6) is 5.88 Å². The van der Waals surface area contributed by atoms with Gasteiger partial charge in [-0.15, -0.1) is 0 Å². The van der Waals surface area contributed by atoms with Crippen LogP contribution in [0.25, 0.3) is 10.9 Å². The Morgan fingerprint density at radius 2 is 2.00 bits per heavy atom. The average Bonchev–Trinajstić information content (AvgIpc) is 2.55. The molecule has 0 fully saturated rings. The summed E-state index contributed by atoms with van der Waals surface area (Å²) in [5.41, 5.74) is 2.16. The molecular weight excluding hydrogens is 266 g/mol. The second-order valence-corrected chi connectivity index (χ2v) is 4.53. The second-order valence-electron chi connectivity index (χ2n) is 4.53. The summed E-state index contributed by atoms with van der Waals surface area (Å²) in [6, 6.07) is 11.2. The third-order valence-electron chi connectivity index (χ3n) is 3.23. The van der Waals surface area contributed by atoms with E-state index in [2.05, 4.69) is 15.0 Å². The Kier molecular flexibility index (Phi) is 3.55. The number of carbonyl (C=O) groups excluding carboxylic acids is 1. The minimum Gasteiger partial charge on any atom is -0.481 e. The summed E-state index contributed by atoms with van der Waals surface area (Å²) in [5, 5.41) is 0.981. The number of hydrogen-bond acceptors (Lipinski definition) is 5. The third kappa shape index (κ3) is 2.72.